The predicted octanol–water partition coefficient (Wildman–Crippen LogP) is 2.24. The largest absolute Gasteiger partial charge is 0.444 e. The molecule has 0 fully saturated rings. The summed E-state index contributed by atoms with van der Waals surface area (Å²) in [4.78, 5) is 11.5. The fourth-order valence-electron chi connectivity index (χ4n) is 1.30. The van der Waals surface area contributed by atoms with Gasteiger partial charge in [0.15, 0.2) is 0 Å². The Kier molecular flexibility index (Phi) is 4.97. The normalized spacial score (nSPS) is 15.8. The molecule has 0 unspecified atom stereocenters. The summed E-state index contributed by atoms with van der Waals surface area (Å²) in [5, 5.41) is 11.9. The number of hydrogen-bond acceptors (Lipinski definition) is 3. The zero-order chi connectivity index (χ0) is 12.8. The van der Waals surface area contributed by atoms with Crippen molar-refractivity contribution >= 4 is 6.09 Å². The summed E-state index contributed by atoms with van der Waals surface area (Å²) in [6, 6.07) is 9.50. The second kappa shape index (κ2) is 6.25. The van der Waals surface area contributed by atoms with Crippen LogP contribution in [0.5, 0.6) is 0 Å². The van der Waals surface area contributed by atoms with Crippen LogP contribution in [0, 0.1) is 0 Å². The highest BCUT2D eigenvalue weighted by atomic mass is 16.6. The number of carbonyl (C=O) groups excluding carboxylic acids is 1. The molecule has 0 spiro atoms. The molecule has 0 aliphatic rings. The van der Waals surface area contributed by atoms with Gasteiger partial charge in [-0.3, -0.25) is 0 Å². The standard InChI is InChI=1S/C13H19NO3/c1-9(12-7-5-4-6-8-12)14-13(16)17-11(3)10(2)15/h4-11,15H,1-3H3,(H,14,16)/t9-,10+,11+/m1/s1. The number of rotatable bonds is 4. The molecule has 1 aromatic carbocycles. The van der Waals surface area contributed by atoms with Gasteiger partial charge in [-0.2, -0.15) is 0 Å². The zero-order valence-electron chi connectivity index (χ0n) is 10.4. The van der Waals surface area contributed by atoms with Crippen LogP contribution in [-0.2, 0) is 4.74 Å². The summed E-state index contributed by atoms with van der Waals surface area (Å²) >= 11 is 0. The Balaban J connectivity index is 2.47. The maximum absolute atomic E-state index is 11.5. The number of amides is 1. The van der Waals surface area contributed by atoms with E-state index in [1.54, 1.807) is 13.8 Å². The maximum atomic E-state index is 11.5. The molecular weight excluding hydrogens is 218 g/mol. The SMILES string of the molecule is C[C@H](O)[C@H](C)OC(=O)N[C@H](C)c1ccccc1. The number of ether oxygens (including phenoxy) is 1. The van der Waals surface area contributed by atoms with Crippen molar-refractivity contribution < 1.29 is 14.6 Å². The minimum absolute atomic E-state index is 0.120. The summed E-state index contributed by atoms with van der Waals surface area (Å²) in [6.07, 6.45) is -1.71. The number of carbonyl (C=O) groups is 1. The lowest BCUT2D eigenvalue weighted by atomic mass is 10.1. The van der Waals surface area contributed by atoms with Crippen LogP contribution >= 0.6 is 0 Å². The Morgan fingerprint density at radius 2 is 1.82 bits per heavy atom. The number of alkyl carbamates (subject to hydrolysis) is 1. The third kappa shape index (κ3) is 4.44. The second-order valence-electron chi connectivity index (χ2n) is 4.13. The van der Waals surface area contributed by atoms with Crippen LogP contribution in [0.3, 0.4) is 0 Å². The van der Waals surface area contributed by atoms with E-state index in [2.05, 4.69) is 5.32 Å². The number of aliphatic hydroxyl groups is 1. The smallest absolute Gasteiger partial charge is 0.407 e. The van der Waals surface area contributed by atoms with Gasteiger partial charge in [-0.05, 0) is 26.3 Å². The molecule has 0 saturated carbocycles. The molecule has 1 aromatic rings. The molecule has 1 rings (SSSR count). The lowest BCUT2D eigenvalue weighted by molar-refractivity contribution is 0.0213. The Morgan fingerprint density at radius 3 is 2.35 bits per heavy atom. The van der Waals surface area contributed by atoms with Crippen LogP contribution in [-0.4, -0.2) is 23.4 Å². The van der Waals surface area contributed by atoms with Gasteiger partial charge in [0.05, 0.1) is 12.1 Å². The van der Waals surface area contributed by atoms with E-state index in [1.807, 2.05) is 37.3 Å². The van der Waals surface area contributed by atoms with Crippen molar-refractivity contribution in [2.75, 3.05) is 0 Å². The highest BCUT2D eigenvalue weighted by Gasteiger charge is 2.16. The van der Waals surface area contributed by atoms with Crippen molar-refractivity contribution in [2.24, 2.45) is 0 Å². The first-order valence-electron chi connectivity index (χ1n) is 5.71. The molecule has 4 heteroatoms. The first-order chi connectivity index (χ1) is 8.00. The highest BCUT2D eigenvalue weighted by molar-refractivity contribution is 5.68. The fraction of sp³-hybridized carbons (Fsp3) is 0.462. The Morgan fingerprint density at radius 1 is 1.24 bits per heavy atom. The molecule has 0 heterocycles. The van der Waals surface area contributed by atoms with E-state index in [-0.39, 0.29) is 6.04 Å². The van der Waals surface area contributed by atoms with Gasteiger partial charge < -0.3 is 15.2 Å². The first-order valence-corrected chi connectivity index (χ1v) is 5.71. The van der Waals surface area contributed by atoms with Crippen LogP contribution in [0.1, 0.15) is 32.4 Å². The van der Waals surface area contributed by atoms with Gasteiger partial charge in [-0.25, -0.2) is 4.79 Å². The fourth-order valence-corrected chi connectivity index (χ4v) is 1.30. The molecule has 0 aliphatic carbocycles. The van der Waals surface area contributed by atoms with E-state index < -0.39 is 18.3 Å². The van der Waals surface area contributed by atoms with Crippen LogP contribution < -0.4 is 5.32 Å². The molecule has 3 atom stereocenters. The number of benzene rings is 1. The molecule has 17 heavy (non-hydrogen) atoms. The molecule has 1 amide bonds. The lowest BCUT2D eigenvalue weighted by Crippen LogP contribution is -2.34. The maximum Gasteiger partial charge on any atom is 0.407 e. The molecule has 94 valence electrons. The molecule has 0 saturated heterocycles. The zero-order valence-corrected chi connectivity index (χ0v) is 10.4. The van der Waals surface area contributed by atoms with Gasteiger partial charge in [0.25, 0.3) is 0 Å². The minimum Gasteiger partial charge on any atom is -0.444 e. The molecule has 4 nitrogen and oxygen atoms in total. The van der Waals surface area contributed by atoms with Gasteiger partial charge in [0.2, 0.25) is 0 Å². The summed E-state index contributed by atoms with van der Waals surface area (Å²) < 4.78 is 5.00. The van der Waals surface area contributed by atoms with E-state index in [0.29, 0.717) is 0 Å². The van der Waals surface area contributed by atoms with Crippen molar-refractivity contribution in [2.45, 2.75) is 39.0 Å². The van der Waals surface area contributed by atoms with Gasteiger partial charge >= 0.3 is 6.09 Å². The summed E-state index contributed by atoms with van der Waals surface area (Å²) in [5.74, 6) is 0. The third-order valence-electron chi connectivity index (χ3n) is 2.61. The topological polar surface area (TPSA) is 58.6 Å². The summed E-state index contributed by atoms with van der Waals surface area (Å²) in [7, 11) is 0. The quantitative estimate of drug-likeness (QED) is 0.844. The molecule has 0 radical (unpaired) electrons. The van der Waals surface area contributed by atoms with E-state index in [0.717, 1.165) is 5.56 Å². The monoisotopic (exact) mass is 237 g/mol. The van der Waals surface area contributed by atoms with Gasteiger partial charge in [0.1, 0.15) is 6.10 Å². The Labute approximate surface area is 102 Å². The molecule has 0 bridgehead atoms. The molecular formula is C13H19NO3. The van der Waals surface area contributed by atoms with Crippen molar-refractivity contribution in [3.63, 3.8) is 0 Å². The van der Waals surface area contributed by atoms with Crippen LogP contribution in [0.15, 0.2) is 30.3 Å². The number of nitrogens with one attached hydrogen (secondary N) is 1. The summed E-state index contributed by atoms with van der Waals surface area (Å²) in [6.45, 7) is 5.11. The molecule has 0 aromatic heterocycles. The lowest BCUT2D eigenvalue weighted by Gasteiger charge is -2.19. The van der Waals surface area contributed by atoms with Gasteiger partial charge in [-0.15, -0.1) is 0 Å². The third-order valence-corrected chi connectivity index (χ3v) is 2.61. The van der Waals surface area contributed by atoms with Crippen molar-refractivity contribution in [1.82, 2.24) is 5.32 Å². The Hall–Kier alpha value is -1.55. The number of hydrogen-bond donors (Lipinski definition) is 2. The first kappa shape index (κ1) is 13.5. The average Bonchev–Trinajstić information content (AvgIpc) is 2.29. The number of aliphatic hydroxyl groups excluding tert-OH is 1. The molecule has 2 N–H and O–H groups in total. The highest BCUT2D eigenvalue weighted by Crippen LogP contribution is 2.11. The van der Waals surface area contributed by atoms with E-state index in [1.165, 1.54) is 0 Å². The van der Waals surface area contributed by atoms with Crippen LogP contribution in [0.25, 0.3) is 0 Å². The van der Waals surface area contributed by atoms with Crippen LogP contribution in [0.2, 0.25) is 0 Å². The van der Waals surface area contributed by atoms with E-state index in [9.17, 15) is 9.90 Å². The van der Waals surface area contributed by atoms with Gasteiger partial charge in [-0.1, -0.05) is 30.3 Å². The van der Waals surface area contributed by atoms with Crippen molar-refractivity contribution in [3.8, 4) is 0 Å². The van der Waals surface area contributed by atoms with Crippen LogP contribution in [0.4, 0.5) is 4.79 Å². The molecule has 0 aliphatic heterocycles. The van der Waals surface area contributed by atoms with E-state index >= 15 is 0 Å². The van der Waals surface area contributed by atoms with Gasteiger partial charge in [0, 0.05) is 0 Å². The summed E-state index contributed by atoms with van der Waals surface area (Å²) in [5.41, 5.74) is 1.01. The second-order valence-corrected chi connectivity index (χ2v) is 4.13. The predicted molar refractivity (Wildman–Crippen MR) is 65.6 cm³/mol. The van der Waals surface area contributed by atoms with E-state index in [4.69, 9.17) is 4.74 Å². The van der Waals surface area contributed by atoms with Crippen molar-refractivity contribution in [3.05, 3.63) is 35.9 Å². The minimum atomic E-state index is -0.673. The Bertz CT molecular complexity index is 351. The van der Waals surface area contributed by atoms with Crippen molar-refractivity contribution in [1.29, 1.82) is 0 Å². The average molecular weight is 237 g/mol.